The lowest BCUT2D eigenvalue weighted by atomic mass is 10.0. The minimum atomic E-state index is -0.855. The third kappa shape index (κ3) is 11.5. The fourth-order valence-corrected chi connectivity index (χ4v) is 4.80. The molecule has 0 aliphatic carbocycles. The van der Waals surface area contributed by atoms with Crippen LogP contribution in [-0.2, 0) is 32.3 Å². The molecule has 0 saturated carbocycles. The second kappa shape index (κ2) is 16.5. The maximum atomic E-state index is 13.2. The molecule has 3 unspecified atom stereocenters. The standard InChI is InChI=1S/C31H43N5O6/c1-21(2)14-25(33-30(39)41-19-23-8-6-5-7-9-23)16-36-17-27(28(37)18-36)34-29(38)26(15-22(3)4)35-31(40)42-20-24-10-12-32-13-11-24/h5-13,21-22,25-27H,14-20H2,1-4H3,(H,33,39)(H,34,38)(H,35,40). The topological polar surface area (TPSA) is 139 Å². The average molecular weight is 582 g/mol. The number of ether oxygens (including phenoxy) is 2. The number of alkyl carbamates (subject to hydrolysis) is 2. The van der Waals surface area contributed by atoms with Crippen molar-refractivity contribution in [2.75, 3.05) is 19.6 Å². The van der Waals surface area contributed by atoms with E-state index in [1.807, 2.05) is 49.1 Å². The van der Waals surface area contributed by atoms with Crippen LogP contribution in [0.4, 0.5) is 9.59 Å². The summed E-state index contributed by atoms with van der Waals surface area (Å²) in [6, 6.07) is 11.1. The second-order valence-corrected chi connectivity index (χ2v) is 11.5. The Morgan fingerprint density at radius 1 is 0.881 bits per heavy atom. The van der Waals surface area contributed by atoms with Crippen LogP contribution in [0.1, 0.15) is 51.7 Å². The number of ketones is 1. The van der Waals surface area contributed by atoms with Crippen molar-refractivity contribution < 1.29 is 28.7 Å². The quantitative estimate of drug-likeness (QED) is 0.308. The lowest BCUT2D eigenvalue weighted by Gasteiger charge is -2.26. The summed E-state index contributed by atoms with van der Waals surface area (Å²) >= 11 is 0. The summed E-state index contributed by atoms with van der Waals surface area (Å²) in [7, 11) is 0. The van der Waals surface area contributed by atoms with Crippen molar-refractivity contribution in [2.45, 2.75) is 71.9 Å². The molecule has 1 aliphatic heterocycles. The summed E-state index contributed by atoms with van der Waals surface area (Å²) in [5.74, 6) is -0.145. The number of hydrogen-bond acceptors (Lipinski definition) is 8. The first-order valence-electron chi connectivity index (χ1n) is 14.4. The lowest BCUT2D eigenvalue weighted by Crippen LogP contribution is -2.52. The van der Waals surface area contributed by atoms with Crippen LogP contribution in [0.25, 0.3) is 0 Å². The highest BCUT2D eigenvalue weighted by atomic mass is 16.6. The van der Waals surface area contributed by atoms with E-state index < -0.39 is 30.2 Å². The highest BCUT2D eigenvalue weighted by molar-refractivity contribution is 5.94. The number of hydrogen-bond donors (Lipinski definition) is 3. The van der Waals surface area contributed by atoms with Gasteiger partial charge in [0.15, 0.2) is 5.78 Å². The number of likely N-dealkylation sites (tertiary alicyclic amines) is 1. The molecule has 1 aromatic heterocycles. The van der Waals surface area contributed by atoms with Gasteiger partial charge in [-0.05, 0) is 47.9 Å². The smallest absolute Gasteiger partial charge is 0.408 e. The molecule has 1 fully saturated rings. The summed E-state index contributed by atoms with van der Waals surface area (Å²) in [6.07, 6.45) is 3.06. The largest absolute Gasteiger partial charge is 0.445 e. The van der Waals surface area contributed by atoms with E-state index in [9.17, 15) is 19.2 Å². The summed E-state index contributed by atoms with van der Waals surface area (Å²) in [5, 5.41) is 8.39. The van der Waals surface area contributed by atoms with Crippen molar-refractivity contribution in [3.05, 3.63) is 66.0 Å². The van der Waals surface area contributed by atoms with Gasteiger partial charge in [0, 0.05) is 31.5 Å². The van der Waals surface area contributed by atoms with Crippen LogP contribution in [0.2, 0.25) is 0 Å². The number of rotatable bonds is 14. The Balaban J connectivity index is 1.52. The highest BCUT2D eigenvalue weighted by Gasteiger charge is 2.35. The first-order valence-corrected chi connectivity index (χ1v) is 14.4. The van der Waals surface area contributed by atoms with Gasteiger partial charge >= 0.3 is 12.2 Å². The predicted molar refractivity (Wildman–Crippen MR) is 157 cm³/mol. The number of carbonyl (C=O) groups excluding carboxylic acids is 4. The molecule has 11 heteroatoms. The molecule has 42 heavy (non-hydrogen) atoms. The predicted octanol–water partition coefficient (Wildman–Crippen LogP) is 3.43. The first kappa shape index (κ1) is 32.5. The van der Waals surface area contributed by atoms with Gasteiger partial charge in [-0.15, -0.1) is 0 Å². The molecule has 2 aromatic rings. The maximum absolute atomic E-state index is 13.2. The van der Waals surface area contributed by atoms with Crippen molar-refractivity contribution >= 4 is 23.9 Å². The van der Waals surface area contributed by atoms with Crippen molar-refractivity contribution in [2.24, 2.45) is 11.8 Å². The zero-order chi connectivity index (χ0) is 30.5. The van der Waals surface area contributed by atoms with E-state index in [4.69, 9.17) is 9.47 Å². The van der Waals surface area contributed by atoms with E-state index in [1.165, 1.54) is 0 Å². The van der Waals surface area contributed by atoms with Crippen molar-refractivity contribution in [3.8, 4) is 0 Å². The molecule has 1 saturated heterocycles. The Bertz CT molecular complexity index is 1160. The molecule has 228 valence electrons. The van der Waals surface area contributed by atoms with E-state index >= 15 is 0 Å². The third-order valence-electron chi connectivity index (χ3n) is 6.73. The van der Waals surface area contributed by atoms with Gasteiger partial charge in [-0.2, -0.15) is 0 Å². The molecule has 0 bridgehead atoms. The molecule has 2 heterocycles. The van der Waals surface area contributed by atoms with E-state index in [2.05, 4.69) is 34.8 Å². The molecule has 1 aliphatic rings. The molecule has 0 radical (unpaired) electrons. The van der Waals surface area contributed by atoms with E-state index in [1.54, 1.807) is 24.5 Å². The number of aromatic nitrogens is 1. The molecular formula is C31H43N5O6. The zero-order valence-electron chi connectivity index (χ0n) is 24.9. The number of benzene rings is 1. The van der Waals surface area contributed by atoms with Gasteiger partial charge < -0.3 is 25.4 Å². The van der Waals surface area contributed by atoms with Crippen LogP contribution < -0.4 is 16.0 Å². The third-order valence-corrected chi connectivity index (χ3v) is 6.73. The van der Waals surface area contributed by atoms with Gasteiger partial charge in [0.1, 0.15) is 25.3 Å². The van der Waals surface area contributed by atoms with E-state index in [-0.39, 0.29) is 37.5 Å². The Morgan fingerprint density at radius 2 is 1.48 bits per heavy atom. The second-order valence-electron chi connectivity index (χ2n) is 11.5. The summed E-state index contributed by atoms with van der Waals surface area (Å²) < 4.78 is 10.7. The monoisotopic (exact) mass is 581 g/mol. The number of nitrogens with zero attached hydrogens (tertiary/aromatic N) is 2. The molecule has 1 aromatic carbocycles. The van der Waals surface area contributed by atoms with Crippen molar-refractivity contribution in [3.63, 3.8) is 0 Å². The van der Waals surface area contributed by atoms with E-state index in [0.717, 1.165) is 11.1 Å². The molecule has 3 atom stereocenters. The zero-order valence-corrected chi connectivity index (χ0v) is 24.9. The summed E-state index contributed by atoms with van der Waals surface area (Å²) in [5.41, 5.74) is 1.67. The number of Topliss-reactive ketones (excluding diaryl/α,β-unsaturated/α-hetero) is 1. The summed E-state index contributed by atoms with van der Waals surface area (Å²) in [6.45, 7) is 9.12. The molecular weight excluding hydrogens is 538 g/mol. The van der Waals surface area contributed by atoms with Gasteiger partial charge in [-0.1, -0.05) is 58.0 Å². The first-order chi connectivity index (χ1) is 20.1. The van der Waals surface area contributed by atoms with Crippen LogP contribution in [0, 0.1) is 11.8 Å². The van der Waals surface area contributed by atoms with Crippen molar-refractivity contribution in [1.29, 1.82) is 0 Å². The van der Waals surface area contributed by atoms with Crippen LogP contribution in [0.3, 0.4) is 0 Å². The van der Waals surface area contributed by atoms with Crippen LogP contribution in [-0.4, -0.2) is 71.5 Å². The van der Waals surface area contributed by atoms with Gasteiger partial charge in [-0.25, -0.2) is 9.59 Å². The Hall–Kier alpha value is -3.99. The Kier molecular flexibility index (Phi) is 12.7. The van der Waals surface area contributed by atoms with Gasteiger partial charge in [0.05, 0.1) is 6.54 Å². The van der Waals surface area contributed by atoms with Crippen LogP contribution in [0.5, 0.6) is 0 Å². The number of pyridine rings is 1. The number of amides is 3. The van der Waals surface area contributed by atoms with Gasteiger partial charge in [-0.3, -0.25) is 19.5 Å². The van der Waals surface area contributed by atoms with Gasteiger partial charge in [0.25, 0.3) is 0 Å². The Labute approximate surface area is 247 Å². The fourth-order valence-electron chi connectivity index (χ4n) is 4.80. The van der Waals surface area contributed by atoms with Gasteiger partial charge in [0.2, 0.25) is 5.91 Å². The van der Waals surface area contributed by atoms with Crippen LogP contribution in [0.15, 0.2) is 54.9 Å². The molecule has 11 nitrogen and oxygen atoms in total. The molecule has 3 rings (SSSR count). The maximum Gasteiger partial charge on any atom is 0.408 e. The van der Waals surface area contributed by atoms with E-state index in [0.29, 0.717) is 31.8 Å². The highest BCUT2D eigenvalue weighted by Crippen LogP contribution is 2.13. The lowest BCUT2D eigenvalue weighted by molar-refractivity contribution is -0.127. The molecule has 0 spiro atoms. The molecule has 3 N–H and O–H groups in total. The van der Waals surface area contributed by atoms with Crippen LogP contribution >= 0.6 is 0 Å². The molecule has 3 amide bonds. The normalized spacial score (nSPS) is 16.6. The Morgan fingerprint density at radius 3 is 2.10 bits per heavy atom. The fraction of sp³-hybridized carbons (Fsp3) is 0.516. The van der Waals surface area contributed by atoms with Crippen molar-refractivity contribution in [1.82, 2.24) is 25.8 Å². The number of carbonyl (C=O) groups is 4. The summed E-state index contributed by atoms with van der Waals surface area (Å²) in [4.78, 5) is 56.8. The SMILES string of the molecule is CC(C)CC(CN1CC(=O)C(NC(=O)C(CC(C)C)NC(=O)OCc2ccncc2)C1)NC(=O)OCc1ccccc1. The number of nitrogens with one attached hydrogen (secondary N) is 3. The minimum absolute atomic E-state index is 0.0474. The average Bonchev–Trinajstić information content (AvgIpc) is 3.28. The minimum Gasteiger partial charge on any atom is -0.445 e.